The standard InChI is InChI=1S/C17H29NS/c1-7-17(5,6)13-19-12-10-15-14(16(2,3)4)9-8-11-18-15/h8-9,11H,7,10,12-13H2,1-6H3. The molecule has 108 valence electrons. The summed E-state index contributed by atoms with van der Waals surface area (Å²) >= 11 is 2.06. The van der Waals surface area contributed by atoms with Crippen molar-refractivity contribution in [2.24, 2.45) is 5.41 Å². The minimum Gasteiger partial charge on any atom is -0.261 e. The van der Waals surface area contributed by atoms with Crippen LogP contribution in [0.25, 0.3) is 0 Å². The predicted molar refractivity (Wildman–Crippen MR) is 88.0 cm³/mol. The van der Waals surface area contributed by atoms with E-state index in [0.717, 1.165) is 6.42 Å². The molecule has 1 heterocycles. The van der Waals surface area contributed by atoms with Gasteiger partial charge in [-0.3, -0.25) is 4.98 Å². The van der Waals surface area contributed by atoms with Crippen LogP contribution < -0.4 is 0 Å². The monoisotopic (exact) mass is 279 g/mol. The molecule has 0 saturated heterocycles. The summed E-state index contributed by atoms with van der Waals surface area (Å²) in [5.41, 5.74) is 3.32. The zero-order valence-corrected chi connectivity index (χ0v) is 14.2. The minimum atomic E-state index is 0.191. The van der Waals surface area contributed by atoms with Crippen molar-refractivity contribution in [1.29, 1.82) is 0 Å². The molecule has 0 radical (unpaired) electrons. The number of aryl methyl sites for hydroxylation is 1. The van der Waals surface area contributed by atoms with Crippen LogP contribution in [0.3, 0.4) is 0 Å². The average molecular weight is 279 g/mol. The highest BCUT2D eigenvalue weighted by molar-refractivity contribution is 7.99. The van der Waals surface area contributed by atoms with E-state index in [9.17, 15) is 0 Å². The lowest BCUT2D eigenvalue weighted by atomic mass is 9.85. The lowest BCUT2D eigenvalue weighted by Gasteiger charge is -2.23. The Morgan fingerprint density at radius 1 is 1.16 bits per heavy atom. The van der Waals surface area contributed by atoms with Crippen molar-refractivity contribution in [3.05, 3.63) is 29.6 Å². The van der Waals surface area contributed by atoms with Gasteiger partial charge in [0.25, 0.3) is 0 Å². The van der Waals surface area contributed by atoms with Crippen LogP contribution in [0.5, 0.6) is 0 Å². The third-order valence-electron chi connectivity index (χ3n) is 3.63. The molecular weight excluding hydrogens is 250 g/mol. The van der Waals surface area contributed by atoms with E-state index in [1.165, 1.54) is 29.2 Å². The minimum absolute atomic E-state index is 0.191. The number of hydrogen-bond donors (Lipinski definition) is 0. The van der Waals surface area contributed by atoms with Gasteiger partial charge in [0.1, 0.15) is 0 Å². The molecule has 0 aliphatic rings. The fraction of sp³-hybridized carbons (Fsp3) is 0.706. The van der Waals surface area contributed by atoms with Crippen LogP contribution in [-0.2, 0) is 11.8 Å². The summed E-state index contributed by atoms with van der Waals surface area (Å²) in [4.78, 5) is 4.59. The van der Waals surface area contributed by atoms with Gasteiger partial charge in [-0.2, -0.15) is 11.8 Å². The van der Waals surface area contributed by atoms with Crippen molar-refractivity contribution in [3.63, 3.8) is 0 Å². The van der Waals surface area contributed by atoms with E-state index < -0.39 is 0 Å². The Balaban J connectivity index is 2.55. The third kappa shape index (κ3) is 5.56. The van der Waals surface area contributed by atoms with Crippen molar-refractivity contribution in [1.82, 2.24) is 4.98 Å². The highest BCUT2D eigenvalue weighted by Crippen LogP contribution is 2.28. The molecule has 0 N–H and O–H groups in total. The van der Waals surface area contributed by atoms with Crippen molar-refractivity contribution in [2.45, 2.75) is 59.8 Å². The van der Waals surface area contributed by atoms with Gasteiger partial charge in [0, 0.05) is 11.9 Å². The Morgan fingerprint density at radius 3 is 2.42 bits per heavy atom. The summed E-state index contributed by atoms with van der Waals surface area (Å²) in [5, 5.41) is 0. The number of hydrogen-bond acceptors (Lipinski definition) is 2. The van der Waals surface area contributed by atoms with Gasteiger partial charge < -0.3 is 0 Å². The van der Waals surface area contributed by atoms with Gasteiger partial charge in [-0.1, -0.05) is 54.0 Å². The Kier molecular flexibility index (Phi) is 5.91. The van der Waals surface area contributed by atoms with Crippen LogP contribution in [-0.4, -0.2) is 16.5 Å². The molecule has 0 aromatic carbocycles. The molecule has 19 heavy (non-hydrogen) atoms. The molecule has 1 aromatic heterocycles. The molecule has 0 fully saturated rings. The molecule has 1 nitrogen and oxygen atoms in total. The van der Waals surface area contributed by atoms with Crippen molar-refractivity contribution >= 4 is 11.8 Å². The fourth-order valence-electron chi connectivity index (χ4n) is 1.94. The normalized spacial score (nSPS) is 12.7. The summed E-state index contributed by atoms with van der Waals surface area (Å²) < 4.78 is 0. The van der Waals surface area contributed by atoms with Crippen LogP contribution >= 0.6 is 11.8 Å². The van der Waals surface area contributed by atoms with Crippen molar-refractivity contribution in [2.75, 3.05) is 11.5 Å². The molecule has 1 rings (SSSR count). The smallest absolute Gasteiger partial charge is 0.0449 e. The molecule has 0 atom stereocenters. The highest BCUT2D eigenvalue weighted by atomic mass is 32.2. The molecule has 0 saturated carbocycles. The zero-order valence-electron chi connectivity index (χ0n) is 13.4. The molecule has 0 aliphatic heterocycles. The maximum atomic E-state index is 4.59. The first kappa shape index (κ1) is 16.6. The predicted octanol–water partition coefficient (Wildman–Crippen LogP) is 5.09. The summed E-state index contributed by atoms with van der Waals surface area (Å²) in [6.45, 7) is 13.8. The average Bonchev–Trinajstić information content (AvgIpc) is 2.34. The number of nitrogens with zero attached hydrogens (tertiary/aromatic N) is 1. The lowest BCUT2D eigenvalue weighted by Crippen LogP contribution is -2.16. The number of pyridine rings is 1. The molecule has 0 aliphatic carbocycles. The van der Waals surface area contributed by atoms with Gasteiger partial charge in [-0.15, -0.1) is 0 Å². The second kappa shape index (κ2) is 6.78. The second-order valence-corrected chi connectivity index (χ2v) is 8.17. The Bertz CT molecular complexity index is 390. The number of thioether (sulfide) groups is 1. The van der Waals surface area contributed by atoms with Gasteiger partial charge in [0.2, 0.25) is 0 Å². The topological polar surface area (TPSA) is 12.9 Å². The molecule has 0 unspecified atom stereocenters. The molecule has 0 spiro atoms. The van der Waals surface area contributed by atoms with E-state index in [1.807, 2.05) is 6.20 Å². The van der Waals surface area contributed by atoms with E-state index in [2.05, 4.69) is 70.4 Å². The fourth-order valence-corrected chi connectivity index (χ4v) is 3.18. The van der Waals surface area contributed by atoms with Gasteiger partial charge >= 0.3 is 0 Å². The summed E-state index contributed by atoms with van der Waals surface area (Å²) in [7, 11) is 0. The Hall–Kier alpha value is -0.500. The first-order chi connectivity index (χ1) is 8.76. The molecular formula is C17H29NS. The molecule has 2 heteroatoms. The Labute approximate surface area is 123 Å². The van der Waals surface area contributed by atoms with Crippen LogP contribution in [0.2, 0.25) is 0 Å². The van der Waals surface area contributed by atoms with Crippen LogP contribution in [0.4, 0.5) is 0 Å². The molecule has 0 amide bonds. The maximum Gasteiger partial charge on any atom is 0.0449 e. The lowest BCUT2D eigenvalue weighted by molar-refractivity contribution is 0.408. The first-order valence-electron chi connectivity index (χ1n) is 7.28. The van der Waals surface area contributed by atoms with Crippen molar-refractivity contribution in [3.8, 4) is 0 Å². The second-order valence-electron chi connectivity index (χ2n) is 7.07. The van der Waals surface area contributed by atoms with Gasteiger partial charge in [0.05, 0.1) is 0 Å². The van der Waals surface area contributed by atoms with E-state index in [0.29, 0.717) is 5.41 Å². The molecule has 1 aromatic rings. The number of rotatable bonds is 6. The maximum absolute atomic E-state index is 4.59. The van der Waals surface area contributed by atoms with Crippen LogP contribution in [0, 0.1) is 5.41 Å². The van der Waals surface area contributed by atoms with E-state index in [4.69, 9.17) is 0 Å². The van der Waals surface area contributed by atoms with Crippen molar-refractivity contribution < 1.29 is 0 Å². The van der Waals surface area contributed by atoms with E-state index >= 15 is 0 Å². The highest BCUT2D eigenvalue weighted by Gasteiger charge is 2.19. The summed E-state index contributed by atoms with van der Waals surface area (Å²) in [5.74, 6) is 2.41. The zero-order chi connectivity index (χ0) is 14.5. The number of aromatic nitrogens is 1. The molecule has 0 bridgehead atoms. The van der Waals surface area contributed by atoms with E-state index in [-0.39, 0.29) is 5.41 Å². The van der Waals surface area contributed by atoms with Crippen LogP contribution in [0.1, 0.15) is 59.2 Å². The van der Waals surface area contributed by atoms with Gasteiger partial charge in [-0.05, 0) is 40.4 Å². The SMILES string of the molecule is CCC(C)(C)CSCCc1ncccc1C(C)(C)C. The summed E-state index contributed by atoms with van der Waals surface area (Å²) in [6, 6.07) is 4.28. The van der Waals surface area contributed by atoms with Gasteiger partial charge in [0.15, 0.2) is 0 Å². The first-order valence-corrected chi connectivity index (χ1v) is 8.44. The van der Waals surface area contributed by atoms with Gasteiger partial charge in [-0.25, -0.2) is 0 Å². The third-order valence-corrected chi connectivity index (χ3v) is 5.11. The van der Waals surface area contributed by atoms with Crippen LogP contribution in [0.15, 0.2) is 18.3 Å². The Morgan fingerprint density at radius 2 is 1.84 bits per heavy atom. The largest absolute Gasteiger partial charge is 0.261 e. The van der Waals surface area contributed by atoms with E-state index in [1.54, 1.807) is 0 Å². The quantitative estimate of drug-likeness (QED) is 0.673. The summed E-state index contributed by atoms with van der Waals surface area (Å²) in [6.07, 6.45) is 4.25.